The molecule has 0 saturated heterocycles. The van der Waals surface area contributed by atoms with Crippen LogP contribution in [0.4, 0.5) is 4.39 Å². The largest absolute Gasteiger partial charge is 0.317 e. The number of benzene rings is 1. The zero-order valence-corrected chi connectivity index (χ0v) is 13.1. The molecule has 2 aromatic rings. The van der Waals surface area contributed by atoms with Gasteiger partial charge in [0.05, 0.1) is 11.4 Å². The summed E-state index contributed by atoms with van der Waals surface area (Å²) in [5.74, 6) is -0.216. The number of likely N-dealkylation sites (N-methyl/N-ethyl adjacent to an activating group) is 1. The van der Waals surface area contributed by atoms with E-state index in [1.807, 2.05) is 4.68 Å². The number of rotatable bonds is 7. The third-order valence-electron chi connectivity index (χ3n) is 3.72. The van der Waals surface area contributed by atoms with Crippen molar-refractivity contribution in [3.8, 4) is 5.69 Å². The van der Waals surface area contributed by atoms with Crippen LogP contribution in [0.3, 0.4) is 0 Å². The van der Waals surface area contributed by atoms with Gasteiger partial charge in [0.25, 0.3) is 0 Å². The summed E-state index contributed by atoms with van der Waals surface area (Å²) in [5.41, 5.74) is 4.65. The van der Waals surface area contributed by atoms with Crippen LogP contribution >= 0.6 is 0 Å². The molecule has 3 nitrogen and oxygen atoms in total. The number of halogens is 1. The molecule has 0 radical (unpaired) electrons. The number of nitrogens with zero attached hydrogens (tertiary/aromatic N) is 2. The van der Waals surface area contributed by atoms with Crippen LogP contribution in [0.2, 0.25) is 0 Å². The van der Waals surface area contributed by atoms with Crippen LogP contribution < -0.4 is 5.32 Å². The second-order valence-corrected chi connectivity index (χ2v) is 5.07. The van der Waals surface area contributed by atoms with Gasteiger partial charge in [0, 0.05) is 5.69 Å². The minimum Gasteiger partial charge on any atom is -0.317 e. The average Bonchev–Trinajstić information content (AvgIpc) is 2.86. The van der Waals surface area contributed by atoms with E-state index in [1.165, 1.54) is 23.4 Å². The smallest absolute Gasteiger partial charge is 0.123 e. The molecule has 0 fully saturated rings. The maximum atomic E-state index is 13.1. The van der Waals surface area contributed by atoms with Crippen molar-refractivity contribution >= 4 is 0 Å². The Morgan fingerprint density at radius 1 is 1.10 bits per heavy atom. The van der Waals surface area contributed by atoms with E-state index in [0.29, 0.717) is 0 Å². The lowest BCUT2D eigenvalue weighted by Crippen LogP contribution is -2.17. The molecule has 1 aromatic heterocycles. The van der Waals surface area contributed by atoms with Gasteiger partial charge in [-0.2, -0.15) is 5.10 Å². The summed E-state index contributed by atoms with van der Waals surface area (Å²) in [6.45, 7) is 8.34. The molecule has 0 aliphatic carbocycles. The van der Waals surface area contributed by atoms with Crippen LogP contribution in [-0.4, -0.2) is 22.9 Å². The fourth-order valence-corrected chi connectivity index (χ4v) is 2.66. The van der Waals surface area contributed by atoms with Gasteiger partial charge in [0.15, 0.2) is 0 Å². The molecule has 0 atom stereocenters. The van der Waals surface area contributed by atoms with Crippen LogP contribution in [-0.2, 0) is 19.3 Å². The number of hydrogen-bond donors (Lipinski definition) is 1. The summed E-state index contributed by atoms with van der Waals surface area (Å²) >= 11 is 0. The highest BCUT2D eigenvalue weighted by molar-refractivity contribution is 5.38. The lowest BCUT2D eigenvalue weighted by atomic mass is 10.1. The highest BCUT2D eigenvalue weighted by Gasteiger charge is 2.16. The van der Waals surface area contributed by atoms with E-state index >= 15 is 0 Å². The zero-order valence-electron chi connectivity index (χ0n) is 13.1. The van der Waals surface area contributed by atoms with Gasteiger partial charge in [0.1, 0.15) is 5.82 Å². The van der Waals surface area contributed by atoms with E-state index in [-0.39, 0.29) is 5.82 Å². The Hall–Kier alpha value is -1.68. The predicted octanol–water partition coefficient (Wildman–Crippen LogP) is 3.29. The molecule has 4 heteroatoms. The molecule has 0 aliphatic rings. The van der Waals surface area contributed by atoms with Crippen molar-refractivity contribution in [2.45, 2.75) is 40.0 Å². The Labute approximate surface area is 126 Å². The first-order valence-corrected chi connectivity index (χ1v) is 7.77. The van der Waals surface area contributed by atoms with Gasteiger partial charge in [-0.3, -0.25) is 0 Å². The number of hydrogen-bond acceptors (Lipinski definition) is 2. The zero-order chi connectivity index (χ0) is 15.2. The highest BCUT2D eigenvalue weighted by atomic mass is 19.1. The average molecular weight is 289 g/mol. The molecule has 114 valence electrons. The van der Waals surface area contributed by atoms with Crippen molar-refractivity contribution in [3.05, 3.63) is 47.0 Å². The molecule has 0 bridgehead atoms. The fraction of sp³-hybridized carbons (Fsp3) is 0.471. The molecule has 2 rings (SSSR count). The van der Waals surface area contributed by atoms with Crippen molar-refractivity contribution < 1.29 is 4.39 Å². The maximum Gasteiger partial charge on any atom is 0.123 e. The molecule has 1 heterocycles. The minimum absolute atomic E-state index is 0.216. The van der Waals surface area contributed by atoms with E-state index in [0.717, 1.165) is 43.7 Å². The second-order valence-electron chi connectivity index (χ2n) is 5.07. The monoisotopic (exact) mass is 289 g/mol. The van der Waals surface area contributed by atoms with E-state index in [4.69, 9.17) is 5.10 Å². The molecular formula is C17H24FN3. The molecule has 21 heavy (non-hydrogen) atoms. The third kappa shape index (κ3) is 3.50. The number of nitrogens with one attached hydrogen (secondary N) is 1. The Morgan fingerprint density at radius 2 is 1.81 bits per heavy atom. The summed E-state index contributed by atoms with van der Waals surface area (Å²) < 4.78 is 15.1. The minimum atomic E-state index is -0.216. The van der Waals surface area contributed by atoms with Crippen LogP contribution in [0.25, 0.3) is 5.69 Å². The van der Waals surface area contributed by atoms with E-state index in [2.05, 4.69) is 26.1 Å². The van der Waals surface area contributed by atoms with Crippen molar-refractivity contribution in [2.24, 2.45) is 0 Å². The van der Waals surface area contributed by atoms with Gasteiger partial charge in [-0.1, -0.05) is 20.8 Å². The van der Waals surface area contributed by atoms with Gasteiger partial charge >= 0.3 is 0 Å². The van der Waals surface area contributed by atoms with Gasteiger partial charge in [-0.25, -0.2) is 9.07 Å². The topological polar surface area (TPSA) is 29.9 Å². The standard InChI is InChI=1S/C17H24FN3/c1-4-16-15(11-12-19-6-3)17(5-2)21(20-16)14-9-7-13(18)8-10-14/h7-10,19H,4-6,11-12H2,1-3H3. The first kappa shape index (κ1) is 15.7. The molecule has 0 spiro atoms. The Morgan fingerprint density at radius 3 is 2.38 bits per heavy atom. The van der Waals surface area contributed by atoms with Gasteiger partial charge in [-0.15, -0.1) is 0 Å². The first-order chi connectivity index (χ1) is 10.2. The highest BCUT2D eigenvalue weighted by Crippen LogP contribution is 2.21. The number of aromatic nitrogens is 2. The summed E-state index contributed by atoms with van der Waals surface area (Å²) in [5, 5.41) is 8.11. The third-order valence-corrected chi connectivity index (χ3v) is 3.72. The molecular weight excluding hydrogens is 265 g/mol. The summed E-state index contributed by atoms with van der Waals surface area (Å²) in [6.07, 6.45) is 2.83. The SMILES string of the molecule is CCNCCc1c(CC)nn(-c2ccc(F)cc2)c1CC. The molecule has 0 saturated carbocycles. The summed E-state index contributed by atoms with van der Waals surface area (Å²) in [6, 6.07) is 6.55. The first-order valence-electron chi connectivity index (χ1n) is 7.77. The second kappa shape index (κ2) is 7.36. The van der Waals surface area contributed by atoms with Gasteiger partial charge in [0.2, 0.25) is 0 Å². The molecule has 0 unspecified atom stereocenters. The van der Waals surface area contributed by atoms with Crippen molar-refractivity contribution in [3.63, 3.8) is 0 Å². The Kier molecular flexibility index (Phi) is 5.51. The normalized spacial score (nSPS) is 11.0. The lowest BCUT2D eigenvalue weighted by molar-refractivity contribution is 0.626. The lowest BCUT2D eigenvalue weighted by Gasteiger charge is -2.08. The van der Waals surface area contributed by atoms with E-state index < -0.39 is 0 Å². The molecule has 1 aromatic carbocycles. The number of aryl methyl sites for hydroxylation is 1. The van der Waals surface area contributed by atoms with Crippen LogP contribution in [0.5, 0.6) is 0 Å². The molecule has 0 amide bonds. The van der Waals surface area contributed by atoms with Crippen molar-refractivity contribution in [2.75, 3.05) is 13.1 Å². The fourth-order valence-electron chi connectivity index (χ4n) is 2.66. The molecule has 0 aliphatic heterocycles. The van der Waals surface area contributed by atoms with Gasteiger partial charge in [-0.05, 0) is 62.2 Å². The van der Waals surface area contributed by atoms with Crippen molar-refractivity contribution in [1.29, 1.82) is 0 Å². The summed E-state index contributed by atoms with van der Waals surface area (Å²) in [4.78, 5) is 0. The molecule has 1 N–H and O–H groups in total. The maximum absolute atomic E-state index is 13.1. The Balaban J connectivity index is 2.39. The Bertz CT molecular complexity index is 572. The van der Waals surface area contributed by atoms with E-state index in [1.54, 1.807) is 12.1 Å². The quantitative estimate of drug-likeness (QED) is 0.793. The van der Waals surface area contributed by atoms with Crippen LogP contribution in [0, 0.1) is 5.82 Å². The van der Waals surface area contributed by atoms with E-state index in [9.17, 15) is 4.39 Å². The van der Waals surface area contributed by atoms with Crippen LogP contribution in [0.1, 0.15) is 37.7 Å². The van der Waals surface area contributed by atoms with Crippen LogP contribution in [0.15, 0.2) is 24.3 Å². The van der Waals surface area contributed by atoms with Gasteiger partial charge < -0.3 is 5.32 Å². The predicted molar refractivity (Wildman–Crippen MR) is 84.5 cm³/mol. The van der Waals surface area contributed by atoms with Crippen molar-refractivity contribution in [1.82, 2.24) is 15.1 Å². The summed E-state index contributed by atoms with van der Waals surface area (Å²) in [7, 11) is 0.